The molecule has 6 heteroatoms. The van der Waals surface area contributed by atoms with Crippen molar-refractivity contribution in [3.8, 4) is 6.01 Å². The minimum atomic E-state index is 0.305. The van der Waals surface area contributed by atoms with Gasteiger partial charge in [0.05, 0.1) is 13.5 Å². The second-order valence-corrected chi connectivity index (χ2v) is 4.00. The van der Waals surface area contributed by atoms with E-state index in [1.165, 1.54) is 12.7 Å². The van der Waals surface area contributed by atoms with Crippen molar-refractivity contribution in [1.82, 2.24) is 19.9 Å². The zero-order chi connectivity index (χ0) is 13.7. The predicted octanol–water partition coefficient (Wildman–Crippen LogP) is 1.47. The number of aromatic nitrogens is 4. The molecule has 0 radical (unpaired) electrons. The van der Waals surface area contributed by atoms with Crippen LogP contribution in [-0.2, 0) is 12.8 Å². The number of rotatable bonds is 5. The molecule has 2 aromatic rings. The smallest absolute Gasteiger partial charge is 0.321 e. The molecular formula is C13H17N5O. The summed E-state index contributed by atoms with van der Waals surface area (Å²) in [6, 6.07) is 4.37. The van der Waals surface area contributed by atoms with Gasteiger partial charge in [0.15, 0.2) is 0 Å². The molecule has 2 rings (SSSR count). The highest BCUT2D eigenvalue weighted by Gasteiger charge is 2.07. The molecule has 1 N–H and O–H groups in total. The van der Waals surface area contributed by atoms with E-state index in [2.05, 4.69) is 38.2 Å². The van der Waals surface area contributed by atoms with E-state index in [9.17, 15) is 0 Å². The molecule has 0 unspecified atom stereocenters. The molecule has 0 aromatic carbocycles. The van der Waals surface area contributed by atoms with Crippen molar-refractivity contribution in [2.24, 2.45) is 0 Å². The Balaban J connectivity index is 2.21. The van der Waals surface area contributed by atoms with Crippen molar-refractivity contribution >= 4 is 5.95 Å². The van der Waals surface area contributed by atoms with Gasteiger partial charge in [-0.2, -0.15) is 15.0 Å². The van der Waals surface area contributed by atoms with Crippen molar-refractivity contribution in [3.63, 3.8) is 0 Å². The topological polar surface area (TPSA) is 72.8 Å². The molecule has 2 aromatic heterocycles. The van der Waals surface area contributed by atoms with Crippen LogP contribution in [0.3, 0.4) is 0 Å². The number of hydrogen-bond donors (Lipinski definition) is 1. The standard InChI is InChI=1S/C13H17N5O/c1-4-9-5-6-10(15-8-9)7-11-16-12(14-2)18-13(17-11)19-3/h5-6,8H,4,7H2,1-3H3,(H,14,16,17,18). The van der Waals surface area contributed by atoms with Gasteiger partial charge in [-0.1, -0.05) is 13.0 Å². The second-order valence-electron chi connectivity index (χ2n) is 4.00. The minimum absolute atomic E-state index is 0.305. The van der Waals surface area contributed by atoms with E-state index in [1.807, 2.05) is 12.3 Å². The average Bonchev–Trinajstić information content (AvgIpc) is 2.47. The van der Waals surface area contributed by atoms with Crippen LogP contribution < -0.4 is 10.1 Å². The lowest BCUT2D eigenvalue weighted by molar-refractivity contribution is 0.377. The predicted molar refractivity (Wildman–Crippen MR) is 72.3 cm³/mol. The third-order valence-corrected chi connectivity index (χ3v) is 2.70. The van der Waals surface area contributed by atoms with Gasteiger partial charge >= 0.3 is 6.01 Å². The molecule has 0 saturated carbocycles. The van der Waals surface area contributed by atoms with Gasteiger partial charge in [-0.3, -0.25) is 4.98 Å². The fraction of sp³-hybridized carbons (Fsp3) is 0.385. The van der Waals surface area contributed by atoms with Crippen molar-refractivity contribution in [2.75, 3.05) is 19.5 Å². The summed E-state index contributed by atoms with van der Waals surface area (Å²) in [5, 5.41) is 2.88. The Hall–Kier alpha value is -2.24. The number of pyridine rings is 1. The lowest BCUT2D eigenvalue weighted by Crippen LogP contribution is -2.06. The highest BCUT2D eigenvalue weighted by atomic mass is 16.5. The first-order valence-electron chi connectivity index (χ1n) is 6.15. The van der Waals surface area contributed by atoms with Crippen LogP contribution >= 0.6 is 0 Å². The van der Waals surface area contributed by atoms with Crippen LogP contribution in [0.4, 0.5) is 5.95 Å². The quantitative estimate of drug-likeness (QED) is 0.876. The molecule has 2 heterocycles. The number of aryl methyl sites for hydroxylation is 1. The highest BCUT2D eigenvalue weighted by Crippen LogP contribution is 2.10. The summed E-state index contributed by atoms with van der Waals surface area (Å²) in [5.74, 6) is 1.12. The van der Waals surface area contributed by atoms with Crippen molar-refractivity contribution in [3.05, 3.63) is 35.4 Å². The third-order valence-electron chi connectivity index (χ3n) is 2.70. The van der Waals surface area contributed by atoms with Gasteiger partial charge in [-0.15, -0.1) is 0 Å². The summed E-state index contributed by atoms with van der Waals surface area (Å²) < 4.78 is 5.05. The largest absolute Gasteiger partial charge is 0.467 e. The van der Waals surface area contributed by atoms with Crippen molar-refractivity contribution in [2.45, 2.75) is 19.8 Å². The zero-order valence-corrected chi connectivity index (χ0v) is 11.3. The molecule has 100 valence electrons. The van der Waals surface area contributed by atoms with Crippen LogP contribution in [0.2, 0.25) is 0 Å². The Bertz CT molecular complexity index is 519. The maximum atomic E-state index is 5.05. The summed E-state index contributed by atoms with van der Waals surface area (Å²) in [7, 11) is 3.29. The average molecular weight is 259 g/mol. The number of methoxy groups -OCH3 is 1. The normalized spacial score (nSPS) is 10.3. The summed E-state index contributed by atoms with van der Waals surface area (Å²) >= 11 is 0. The van der Waals surface area contributed by atoms with E-state index in [0.717, 1.165) is 12.1 Å². The lowest BCUT2D eigenvalue weighted by Gasteiger charge is -2.05. The van der Waals surface area contributed by atoms with E-state index in [1.54, 1.807) is 7.05 Å². The lowest BCUT2D eigenvalue weighted by atomic mass is 10.2. The Morgan fingerprint density at radius 1 is 1.21 bits per heavy atom. The van der Waals surface area contributed by atoms with Gasteiger partial charge in [0, 0.05) is 18.9 Å². The first kappa shape index (κ1) is 13.2. The van der Waals surface area contributed by atoms with Crippen LogP contribution in [0.15, 0.2) is 18.3 Å². The van der Waals surface area contributed by atoms with E-state index < -0.39 is 0 Å². The van der Waals surface area contributed by atoms with Crippen LogP contribution in [0.5, 0.6) is 6.01 Å². The van der Waals surface area contributed by atoms with Gasteiger partial charge in [0.25, 0.3) is 0 Å². The van der Waals surface area contributed by atoms with Gasteiger partial charge < -0.3 is 10.1 Å². The molecule has 0 aliphatic carbocycles. The molecule has 0 saturated heterocycles. The molecule has 0 amide bonds. The molecule has 0 spiro atoms. The molecule has 19 heavy (non-hydrogen) atoms. The second kappa shape index (κ2) is 6.08. The maximum Gasteiger partial charge on any atom is 0.321 e. The number of hydrogen-bond acceptors (Lipinski definition) is 6. The summed E-state index contributed by atoms with van der Waals surface area (Å²) in [6.45, 7) is 2.10. The molecule has 0 bridgehead atoms. The van der Waals surface area contributed by atoms with Crippen LogP contribution in [-0.4, -0.2) is 34.1 Å². The van der Waals surface area contributed by atoms with Crippen LogP contribution in [0.1, 0.15) is 24.0 Å². The maximum absolute atomic E-state index is 5.05. The number of nitrogens with zero attached hydrogens (tertiary/aromatic N) is 4. The number of anilines is 1. The molecule has 0 atom stereocenters. The summed E-state index contributed by atoms with van der Waals surface area (Å²) in [6.07, 6.45) is 3.42. The van der Waals surface area contributed by atoms with E-state index in [4.69, 9.17) is 4.74 Å². The third kappa shape index (κ3) is 3.37. The Morgan fingerprint density at radius 3 is 2.63 bits per heavy atom. The van der Waals surface area contributed by atoms with Crippen LogP contribution in [0.25, 0.3) is 0 Å². The van der Waals surface area contributed by atoms with Gasteiger partial charge in [-0.05, 0) is 18.1 Å². The Morgan fingerprint density at radius 2 is 2.05 bits per heavy atom. The Labute approximate surface area is 112 Å². The highest BCUT2D eigenvalue weighted by molar-refractivity contribution is 5.26. The number of ether oxygens (including phenoxy) is 1. The van der Waals surface area contributed by atoms with E-state index >= 15 is 0 Å². The number of nitrogens with one attached hydrogen (secondary N) is 1. The SMILES string of the molecule is CCc1ccc(Cc2nc(NC)nc(OC)n2)nc1. The molecule has 6 nitrogen and oxygen atoms in total. The molecular weight excluding hydrogens is 242 g/mol. The zero-order valence-electron chi connectivity index (χ0n) is 11.3. The van der Waals surface area contributed by atoms with Crippen molar-refractivity contribution < 1.29 is 4.74 Å². The molecule has 0 aliphatic heterocycles. The van der Waals surface area contributed by atoms with Gasteiger partial charge in [-0.25, -0.2) is 0 Å². The van der Waals surface area contributed by atoms with Crippen LogP contribution in [0, 0.1) is 0 Å². The molecule has 0 aliphatic rings. The van der Waals surface area contributed by atoms with E-state index in [0.29, 0.717) is 24.2 Å². The summed E-state index contributed by atoms with van der Waals surface area (Å²) in [4.78, 5) is 17.0. The van der Waals surface area contributed by atoms with Gasteiger partial charge in [0.1, 0.15) is 5.82 Å². The Kier molecular flexibility index (Phi) is 4.22. The monoisotopic (exact) mass is 259 g/mol. The summed E-state index contributed by atoms with van der Waals surface area (Å²) in [5.41, 5.74) is 2.14. The first-order chi connectivity index (χ1) is 9.25. The van der Waals surface area contributed by atoms with E-state index in [-0.39, 0.29) is 0 Å². The first-order valence-corrected chi connectivity index (χ1v) is 6.15. The fourth-order valence-corrected chi connectivity index (χ4v) is 1.61. The van der Waals surface area contributed by atoms with Gasteiger partial charge in [0.2, 0.25) is 5.95 Å². The minimum Gasteiger partial charge on any atom is -0.467 e. The molecule has 0 fully saturated rings. The fourth-order valence-electron chi connectivity index (χ4n) is 1.61. The van der Waals surface area contributed by atoms with Crippen molar-refractivity contribution in [1.29, 1.82) is 0 Å².